The highest BCUT2D eigenvalue weighted by atomic mass is 28.4. The van der Waals surface area contributed by atoms with E-state index in [9.17, 15) is 0 Å². The molecule has 0 aliphatic carbocycles. The van der Waals surface area contributed by atoms with E-state index in [-0.39, 0.29) is 34.5 Å². The maximum absolute atomic E-state index is 6.85. The van der Waals surface area contributed by atoms with Gasteiger partial charge < -0.3 is 23.1 Å². The average Bonchev–Trinajstić information content (AvgIpc) is 2.74. The molecule has 0 aromatic carbocycles. The summed E-state index contributed by atoms with van der Waals surface area (Å²) in [7, 11) is -0.724. The van der Waals surface area contributed by atoms with Crippen molar-refractivity contribution in [1.82, 2.24) is 0 Å². The highest BCUT2D eigenvalue weighted by Gasteiger charge is 2.54. The first kappa shape index (κ1) is 25.3. The lowest BCUT2D eigenvalue weighted by molar-refractivity contribution is -0.189. The van der Waals surface area contributed by atoms with Crippen LogP contribution in [0.4, 0.5) is 0 Å². The molecule has 0 radical (unpaired) electrons. The molecular formula is C20H44O5Si2. The van der Waals surface area contributed by atoms with Crippen LogP contribution in [0.5, 0.6) is 0 Å². The number of ether oxygens (including phenoxy) is 3. The molecule has 0 aromatic heterocycles. The van der Waals surface area contributed by atoms with E-state index in [4.69, 9.17) is 23.1 Å². The van der Waals surface area contributed by atoms with Gasteiger partial charge in [0.25, 0.3) is 0 Å². The first-order valence-corrected chi connectivity index (χ1v) is 15.9. The van der Waals surface area contributed by atoms with Gasteiger partial charge in [-0.2, -0.15) is 0 Å². The Hall–Kier alpha value is 0.234. The monoisotopic (exact) mass is 420 g/mol. The summed E-state index contributed by atoms with van der Waals surface area (Å²) in [5.41, 5.74) is 0. The standard InChI is InChI=1S/C20H44O5Si2/c1-14-15(24-26(10,11)19(2,3)4)16(17(23-14)18(21-8)22-9)25-27(12,13)20(5,6)7/h14-18H,1-13H3/t14-,15+,16-,17+/m1/s1. The van der Waals surface area contributed by atoms with Crippen molar-refractivity contribution >= 4 is 16.6 Å². The molecule has 0 spiro atoms. The molecule has 1 aliphatic heterocycles. The van der Waals surface area contributed by atoms with Crippen molar-refractivity contribution in [1.29, 1.82) is 0 Å². The molecule has 0 N–H and O–H groups in total. The van der Waals surface area contributed by atoms with E-state index in [1.807, 2.05) is 0 Å². The van der Waals surface area contributed by atoms with Gasteiger partial charge >= 0.3 is 0 Å². The van der Waals surface area contributed by atoms with Gasteiger partial charge in [-0.25, -0.2) is 0 Å². The third kappa shape index (κ3) is 5.65. The van der Waals surface area contributed by atoms with E-state index >= 15 is 0 Å². The van der Waals surface area contributed by atoms with Crippen molar-refractivity contribution in [3.05, 3.63) is 0 Å². The van der Waals surface area contributed by atoms with Crippen LogP contribution >= 0.6 is 0 Å². The smallest absolute Gasteiger partial charge is 0.192 e. The zero-order valence-electron chi connectivity index (χ0n) is 19.9. The van der Waals surface area contributed by atoms with Crippen molar-refractivity contribution in [3.63, 3.8) is 0 Å². The molecule has 0 unspecified atom stereocenters. The minimum atomic E-state index is -2.03. The number of methoxy groups -OCH3 is 2. The maximum Gasteiger partial charge on any atom is 0.192 e. The fourth-order valence-electron chi connectivity index (χ4n) is 2.77. The Balaban J connectivity index is 3.25. The second-order valence-corrected chi connectivity index (χ2v) is 20.3. The molecule has 27 heavy (non-hydrogen) atoms. The second-order valence-electron chi connectivity index (χ2n) is 10.8. The molecule has 7 heteroatoms. The summed E-state index contributed by atoms with van der Waals surface area (Å²) < 4.78 is 31.1. The molecule has 0 aromatic rings. The van der Waals surface area contributed by atoms with Gasteiger partial charge in [0.05, 0.1) is 12.2 Å². The summed E-state index contributed by atoms with van der Waals surface area (Å²) in [5, 5.41) is 0.217. The maximum atomic E-state index is 6.85. The summed E-state index contributed by atoms with van der Waals surface area (Å²) in [6.07, 6.45) is -1.20. The molecular weight excluding hydrogens is 376 g/mol. The summed E-state index contributed by atoms with van der Waals surface area (Å²) in [6.45, 7) is 24.7. The highest BCUT2D eigenvalue weighted by Crippen LogP contribution is 2.44. The van der Waals surface area contributed by atoms with E-state index in [1.165, 1.54) is 0 Å². The van der Waals surface area contributed by atoms with Crippen LogP contribution in [0.25, 0.3) is 0 Å². The van der Waals surface area contributed by atoms with Crippen molar-refractivity contribution < 1.29 is 23.1 Å². The molecule has 4 atom stereocenters. The topological polar surface area (TPSA) is 46.2 Å². The van der Waals surface area contributed by atoms with Crippen LogP contribution in [0.1, 0.15) is 48.5 Å². The van der Waals surface area contributed by atoms with Gasteiger partial charge in [-0.15, -0.1) is 0 Å². The van der Waals surface area contributed by atoms with Gasteiger partial charge in [0.1, 0.15) is 12.2 Å². The summed E-state index contributed by atoms with van der Waals surface area (Å²) in [4.78, 5) is 0. The van der Waals surface area contributed by atoms with Crippen LogP contribution in [0.2, 0.25) is 36.3 Å². The molecule has 1 rings (SSSR count). The van der Waals surface area contributed by atoms with Crippen LogP contribution in [-0.4, -0.2) is 61.6 Å². The van der Waals surface area contributed by atoms with Crippen LogP contribution in [-0.2, 0) is 23.1 Å². The number of hydrogen-bond acceptors (Lipinski definition) is 5. The SMILES string of the molecule is COC(OC)[C@H]1O[C@H](C)[C@H](O[Si](C)(C)C(C)(C)C)[C@H]1O[Si](C)(C)C(C)(C)C. The van der Waals surface area contributed by atoms with Gasteiger partial charge in [-0.3, -0.25) is 0 Å². The fraction of sp³-hybridized carbons (Fsp3) is 1.00. The van der Waals surface area contributed by atoms with E-state index in [2.05, 4.69) is 74.7 Å². The van der Waals surface area contributed by atoms with E-state index in [0.717, 1.165) is 0 Å². The van der Waals surface area contributed by atoms with E-state index in [0.29, 0.717) is 0 Å². The van der Waals surface area contributed by atoms with Gasteiger partial charge in [-0.05, 0) is 43.2 Å². The Morgan fingerprint density at radius 3 is 1.44 bits per heavy atom. The van der Waals surface area contributed by atoms with Crippen molar-refractivity contribution in [2.24, 2.45) is 0 Å². The molecule has 1 heterocycles. The molecule has 5 nitrogen and oxygen atoms in total. The molecule has 1 saturated heterocycles. The van der Waals surface area contributed by atoms with Crippen molar-refractivity contribution in [2.75, 3.05) is 14.2 Å². The number of rotatable bonds is 7. The van der Waals surface area contributed by atoms with Gasteiger partial charge in [0.15, 0.2) is 22.9 Å². The Morgan fingerprint density at radius 1 is 0.741 bits per heavy atom. The molecule has 0 amide bonds. The van der Waals surface area contributed by atoms with Crippen LogP contribution in [0.3, 0.4) is 0 Å². The van der Waals surface area contributed by atoms with E-state index < -0.39 is 22.9 Å². The average molecular weight is 421 g/mol. The minimum absolute atomic E-state index is 0.0771. The third-order valence-corrected chi connectivity index (χ3v) is 15.6. The molecule has 162 valence electrons. The first-order valence-electron chi connectivity index (χ1n) is 10.0. The molecule has 1 fully saturated rings. The third-order valence-electron chi connectivity index (χ3n) is 6.69. The summed E-state index contributed by atoms with van der Waals surface area (Å²) >= 11 is 0. The Bertz CT molecular complexity index is 478. The molecule has 0 bridgehead atoms. The normalized spacial score (nSPS) is 28.2. The lowest BCUT2D eigenvalue weighted by Gasteiger charge is -2.44. The highest BCUT2D eigenvalue weighted by molar-refractivity contribution is 6.74. The van der Waals surface area contributed by atoms with Crippen molar-refractivity contribution in [3.8, 4) is 0 Å². The van der Waals surface area contributed by atoms with Gasteiger partial charge in [0, 0.05) is 14.2 Å². The zero-order chi connectivity index (χ0) is 21.4. The van der Waals surface area contributed by atoms with Crippen LogP contribution < -0.4 is 0 Å². The molecule has 1 aliphatic rings. The molecule has 0 saturated carbocycles. The first-order chi connectivity index (χ1) is 12.0. The largest absolute Gasteiger partial charge is 0.409 e. The fourth-order valence-corrected chi connectivity index (χ4v) is 5.43. The van der Waals surface area contributed by atoms with Crippen LogP contribution in [0, 0.1) is 0 Å². The lowest BCUT2D eigenvalue weighted by Crippen LogP contribution is -2.55. The van der Waals surface area contributed by atoms with Gasteiger partial charge in [-0.1, -0.05) is 41.5 Å². The predicted octanol–water partition coefficient (Wildman–Crippen LogP) is 5.17. The summed E-state index contributed by atoms with van der Waals surface area (Å²) in [5.74, 6) is 0. The minimum Gasteiger partial charge on any atom is -0.409 e. The quantitative estimate of drug-likeness (QED) is 0.420. The number of hydrogen-bond donors (Lipinski definition) is 0. The lowest BCUT2D eigenvalue weighted by atomic mass is 10.1. The van der Waals surface area contributed by atoms with Gasteiger partial charge in [0.2, 0.25) is 0 Å². The van der Waals surface area contributed by atoms with Crippen molar-refractivity contribution in [2.45, 2.75) is 115 Å². The van der Waals surface area contributed by atoms with E-state index in [1.54, 1.807) is 14.2 Å². The Labute approximate surface area is 169 Å². The zero-order valence-corrected chi connectivity index (χ0v) is 21.9. The Kier molecular flexibility index (Phi) is 7.99. The predicted molar refractivity (Wildman–Crippen MR) is 116 cm³/mol. The Morgan fingerprint density at radius 2 is 1.11 bits per heavy atom. The second kappa shape index (κ2) is 8.54. The summed E-state index contributed by atoms with van der Waals surface area (Å²) in [6, 6.07) is 0. The van der Waals surface area contributed by atoms with Crippen LogP contribution in [0.15, 0.2) is 0 Å².